The van der Waals surface area contributed by atoms with Gasteiger partial charge in [0.25, 0.3) is 5.91 Å². The Labute approximate surface area is 158 Å². The van der Waals surface area contributed by atoms with Crippen molar-refractivity contribution in [2.45, 2.75) is 6.92 Å². The van der Waals surface area contributed by atoms with Crippen molar-refractivity contribution in [3.05, 3.63) is 48.0 Å². The van der Waals surface area contributed by atoms with Gasteiger partial charge in [-0.05, 0) is 24.3 Å². The molecule has 0 aliphatic heterocycles. The fourth-order valence-corrected chi connectivity index (χ4v) is 2.57. The zero-order valence-electron chi connectivity index (χ0n) is 15.9. The van der Waals surface area contributed by atoms with Crippen molar-refractivity contribution in [3.63, 3.8) is 0 Å². The summed E-state index contributed by atoms with van der Waals surface area (Å²) in [5.41, 5.74) is 1.13. The van der Waals surface area contributed by atoms with Crippen molar-refractivity contribution in [2.24, 2.45) is 0 Å². The lowest BCUT2D eigenvalue weighted by Gasteiger charge is -2.22. The van der Waals surface area contributed by atoms with E-state index in [9.17, 15) is 9.59 Å². The lowest BCUT2D eigenvalue weighted by atomic mass is 10.2. The van der Waals surface area contributed by atoms with Crippen molar-refractivity contribution < 1.29 is 23.8 Å². The normalized spacial score (nSPS) is 10.1. The molecule has 1 N–H and O–H groups in total. The Morgan fingerprint density at radius 1 is 0.926 bits per heavy atom. The number of nitrogens with one attached hydrogen (secondary N) is 1. The molecule has 0 atom stereocenters. The molecule has 0 saturated carbocycles. The van der Waals surface area contributed by atoms with Crippen LogP contribution in [-0.4, -0.2) is 46.2 Å². The van der Waals surface area contributed by atoms with Crippen molar-refractivity contribution >= 4 is 17.5 Å². The average Bonchev–Trinajstić information content (AvgIpc) is 2.70. The predicted molar refractivity (Wildman–Crippen MR) is 103 cm³/mol. The van der Waals surface area contributed by atoms with Crippen LogP contribution in [0.1, 0.15) is 17.3 Å². The molecule has 27 heavy (non-hydrogen) atoms. The van der Waals surface area contributed by atoms with Crippen LogP contribution in [-0.2, 0) is 4.79 Å². The van der Waals surface area contributed by atoms with E-state index in [1.165, 1.54) is 21.1 Å². The number of rotatable bonds is 8. The Morgan fingerprint density at radius 2 is 1.56 bits per heavy atom. The molecule has 0 aromatic heterocycles. The highest BCUT2D eigenvalue weighted by atomic mass is 16.5. The molecule has 7 nitrogen and oxygen atoms in total. The van der Waals surface area contributed by atoms with Gasteiger partial charge in [0, 0.05) is 43.4 Å². The van der Waals surface area contributed by atoms with Crippen LogP contribution >= 0.6 is 0 Å². The van der Waals surface area contributed by atoms with Gasteiger partial charge in [-0.2, -0.15) is 0 Å². The van der Waals surface area contributed by atoms with E-state index in [-0.39, 0.29) is 18.4 Å². The molecule has 2 aromatic carbocycles. The molecule has 0 bridgehead atoms. The maximum atomic E-state index is 12.4. The molecule has 0 unspecified atom stereocenters. The van der Waals surface area contributed by atoms with Crippen molar-refractivity contribution in [1.29, 1.82) is 0 Å². The standard InChI is InChI=1S/C20H24N2O5/c1-14(23)22(16-6-5-7-17(12-16)25-2)9-8-21-20(24)15-10-18(26-3)13-19(11-15)27-4/h5-7,10-13H,8-9H2,1-4H3,(H,21,24). The SMILES string of the molecule is COc1cc(OC)cc(C(=O)NCCN(C(C)=O)c2cccc(OC)c2)c1. The van der Waals surface area contributed by atoms with E-state index in [2.05, 4.69) is 5.32 Å². The van der Waals surface area contributed by atoms with Gasteiger partial charge in [-0.25, -0.2) is 0 Å². The monoisotopic (exact) mass is 372 g/mol. The smallest absolute Gasteiger partial charge is 0.251 e. The number of hydrogen-bond donors (Lipinski definition) is 1. The number of carbonyl (C=O) groups excluding carboxylic acids is 2. The minimum atomic E-state index is -0.277. The average molecular weight is 372 g/mol. The molecular formula is C20H24N2O5. The number of hydrogen-bond acceptors (Lipinski definition) is 5. The largest absolute Gasteiger partial charge is 0.497 e. The highest BCUT2D eigenvalue weighted by Crippen LogP contribution is 2.23. The highest BCUT2D eigenvalue weighted by molar-refractivity contribution is 5.95. The van der Waals surface area contributed by atoms with E-state index in [1.54, 1.807) is 42.3 Å². The minimum Gasteiger partial charge on any atom is -0.497 e. The van der Waals surface area contributed by atoms with Gasteiger partial charge in [0.2, 0.25) is 5.91 Å². The quantitative estimate of drug-likeness (QED) is 0.770. The molecule has 2 aromatic rings. The number of carbonyl (C=O) groups is 2. The van der Waals surface area contributed by atoms with E-state index in [0.29, 0.717) is 35.0 Å². The summed E-state index contributed by atoms with van der Waals surface area (Å²) in [6, 6.07) is 12.2. The first-order valence-corrected chi connectivity index (χ1v) is 8.42. The minimum absolute atomic E-state index is 0.124. The molecule has 144 valence electrons. The van der Waals surface area contributed by atoms with E-state index < -0.39 is 0 Å². The number of ether oxygens (including phenoxy) is 3. The fraction of sp³-hybridized carbons (Fsp3) is 0.300. The molecule has 7 heteroatoms. The first-order valence-electron chi connectivity index (χ1n) is 8.42. The van der Waals surface area contributed by atoms with E-state index in [4.69, 9.17) is 14.2 Å². The van der Waals surface area contributed by atoms with Crippen molar-refractivity contribution in [3.8, 4) is 17.2 Å². The zero-order valence-corrected chi connectivity index (χ0v) is 15.9. The third-order valence-electron chi connectivity index (χ3n) is 3.98. The summed E-state index contributed by atoms with van der Waals surface area (Å²) in [6.07, 6.45) is 0. The summed E-state index contributed by atoms with van der Waals surface area (Å²) >= 11 is 0. The molecule has 2 rings (SSSR count). The Bertz CT molecular complexity index is 784. The molecule has 0 saturated heterocycles. The number of methoxy groups -OCH3 is 3. The van der Waals surface area contributed by atoms with Gasteiger partial charge in [-0.1, -0.05) is 6.07 Å². The molecule has 0 radical (unpaired) electrons. The van der Waals surface area contributed by atoms with Crippen LogP contribution in [0.15, 0.2) is 42.5 Å². The Hall–Kier alpha value is -3.22. The fourth-order valence-electron chi connectivity index (χ4n) is 2.57. The number of anilines is 1. The molecule has 0 heterocycles. The van der Waals surface area contributed by atoms with Crippen molar-refractivity contribution in [2.75, 3.05) is 39.3 Å². The maximum Gasteiger partial charge on any atom is 0.251 e. The summed E-state index contributed by atoms with van der Waals surface area (Å²) < 4.78 is 15.6. The van der Waals surface area contributed by atoms with E-state index in [0.717, 1.165) is 0 Å². The van der Waals surface area contributed by atoms with Gasteiger partial charge >= 0.3 is 0 Å². The van der Waals surface area contributed by atoms with Crippen LogP contribution in [0.25, 0.3) is 0 Å². The van der Waals surface area contributed by atoms with E-state index in [1.807, 2.05) is 12.1 Å². The lowest BCUT2D eigenvalue weighted by Crippen LogP contribution is -2.37. The van der Waals surface area contributed by atoms with Crippen LogP contribution in [0.2, 0.25) is 0 Å². The molecular weight excluding hydrogens is 348 g/mol. The van der Waals surface area contributed by atoms with Gasteiger partial charge in [0.15, 0.2) is 0 Å². The summed E-state index contributed by atoms with van der Waals surface area (Å²) in [6.45, 7) is 2.10. The second-order valence-corrected chi connectivity index (χ2v) is 5.73. The van der Waals surface area contributed by atoms with Crippen LogP contribution in [0, 0.1) is 0 Å². The zero-order chi connectivity index (χ0) is 19.8. The number of amides is 2. The van der Waals surface area contributed by atoms with Crippen LogP contribution in [0.4, 0.5) is 5.69 Å². The molecule has 2 amide bonds. The Balaban J connectivity index is 2.04. The van der Waals surface area contributed by atoms with Crippen LogP contribution < -0.4 is 24.4 Å². The third kappa shape index (κ3) is 5.37. The van der Waals surface area contributed by atoms with Gasteiger partial charge < -0.3 is 24.4 Å². The molecule has 0 aliphatic rings. The Kier molecular flexibility index (Phi) is 7.05. The number of nitrogens with zero attached hydrogens (tertiary/aromatic N) is 1. The molecule has 0 spiro atoms. The van der Waals surface area contributed by atoms with Gasteiger partial charge in [0.05, 0.1) is 21.3 Å². The first kappa shape index (κ1) is 20.1. The summed E-state index contributed by atoms with van der Waals surface area (Å²) in [4.78, 5) is 26.0. The highest BCUT2D eigenvalue weighted by Gasteiger charge is 2.14. The summed E-state index contributed by atoms with van der Waals surface area (Å²) in [5, 5.41) is 2.81. The van der Waals surface area contributed by atoms with E-state index >= 15 is 0 Å². The van der Waals surface area contributed by atoms with Gasteiger partial charge in [0.1, 0.15) is 17.2 Å². The molecule has 0 fully saturated rings. The Morgan fingerprint density at radius 3 is 2.11 bits per heavy atom. The van der Waals surface area contributed by atoms with Crippen LogP contribution in [0.5, 0.6) is 17.2 Å². The van der Waals surface area contributed by atoms with Crippen LogP contribution in [0.3, 0.4) is 0 Å². The third-order valence-corrected chi connectivity index (χ3v) is 3.98. The second-order valence-electron chi connectivity index (χ2n) is 5.73. The molecule has 0 aliphatic carbocycles. The lowest BCUT2D eigenvalue weighted by molar-refractivity contribution is -0.116. The first-order chi connectivity index (χ1) is 13.0. The van der Waals surface area contributed by atoms with Gasteiger partial charge in [-0.15, -0.1) is 0 Å². The van der Waals surface area contributed by atoms with Crippen molar-refractivity contribution in [1.82, 2.24) is 5.32 Å². The topological polar surface area (TPSA) is 77.1 Å². The van der Waals surface area contributed by atoms with Gasteiger partial charge in [-0.3, -0.25) is 9.59 Å². The maximum absolute atomic E-state index is 12.4. The number of benzene rings is 2. The summed E-state index contributed by atoms with van der Waals surface area (Å²) in [7, 11) is 4.62. The predicted octanol–water partition coefficient (Wildman–Crippen LogP) is 2.50. The second kappa shape index (κ2) is 9.47. The summed E-state index contributed by atoms with van der Waals surface area (Å²) in [5.74, 6) is 1.32.